The highest BCUT2D eigenvalue weighted by Gasteiger charge is 2.30. The van der Waals surface area contributed by atoms with E-state index < -0.39 is 0 Å². The fraction of sp³-hybridized carbons (Fsp3) is 0.533. The van der Waals surface area contributed by atoms with Crippen molar-refractivity contribution in [2.75, 3.05) is 19.7 Å². The van der Waals surface area contributed by atoms with Gasteiger partial charge in [0, 0.05) is 35.8 Å². The number of fused-ring (bicyclic) bond motifs is 1. The largest absolute Gasteiger partial charge is 0.396 e. The first kappa shape index (κ1) is 14.0. The molecule has 1 aliphatic heterocycles. The average Bonchev–Trinajstić information content (AvgIpc) is 2.81. The molecule has 1 atom stereocenters. The Balaban J connectivity index is 1.81. The van der Waals surface area contributed by atoms with Crippen LogP contribution in [0.3, 0.4) is 0 Å². The van der Waals surface area contributed by atoms with E-state index in [1.54, 1.807) is 0 Å². The number of hydrogen-bond acceptors (Lipinski definition) is 3. The van der Waals surface area contributed by atoms with Gasteiger partial charge in [-0.15, -0.1) is 0 Å². The van der Waals surface area contributed by atoms with E-state index in [1.165, 1.54) is 5.69 Å². The third kappa shape index (κ3) is 2.75. The van der Waals surface area contributed by atoms with Crippen molar-refractivity contribution in [1.82, 2.24) is 14.3 Å². The molecule has 0 radical (unpaired) electrons. The van der Waals surface area contributed by atoms with Gasteiger partial charge in [-0.2, -0.15) is 0 Å². The predicted molar refractivity (Wildman–Crippen MR) is 82.6 cm³/mol. The van der Waals surface area contributed by atoms with Crippen LogP contribution < -0.4 is 0 Å². The number of aromatic nitrogens is 2. The summed E-state index contributed by atoms with van der Waals surface area (Å²) in [4.78, 5) is 6.87. The van der Waals surface area contributed by atoms with E-state index in [9.17, 15) is 5.11 Å². The summed E-state index contributed by atoms with van der Waals surface area (Å²) in [5.41, 5.74) is 2.22. The molecule has 2 aromatic rings. The lowest BCUT2D eigenvalue weighted by atomic mass is 9.83. The maximum Gasteiger partial charge on any atom is 0.136 e. The van der Waals surface area contributed by atoms with E-state index in [2.05, 4.69) is 43.3 Å². The Labute approximate surface area is 127 Å². The maximum atomic E-state index is 9.55. The van der Waals surface area contributed by atoms with Gasteiger partial charge in [0.25, 0.3) is 0 Å². The number of aliphatic hydroxyl groups is 1. The van der Waals surface area contributed by atoms with E-state index in [4.69, 9.17) is 0 Å². The molecule has 2 aromatic heterocycles. The number of piperidine rings is 1. The van der Waals surface area contributed by atoms with Gasteiger partial charge < -0.3 is 9.51 Å². The number of imidazole rings is 1. The third-order valence-corrected chi connectivity index (χ3v) is 4.64. The molecule has 1 fully saturated rings. The summed E-state index contributed by atoms with van der Waals surface area (Å²) in [6.07, 6.45) is 6.27. The fourth-order valence-electron chi connectivity index (χ4n) is 3.04. The standard InChI is InChI=1S/C15H20BrN3O/c1-15(11-20)5-2-6-18(10-15)9-13-7-17-14-4-3-12(16)8-19(13)14/h3-4,7-8,20H,2,5-6,9-11H2,1H3. The molecule has 1 saturated heterocycles. The molecule has 20 heavy (non-hydrogen) atoms. The van der Waals surface area contributed by atoms with Crippen molar-refractivity contribution in [2.45, 2.75) is 26.3 Å². The molecule has 3 heterocycles. The zero-order valence-corrected chi connectivity index (χ0v) is 13.3. The Morgan fingerprint density at radius 3 is 3.10 bits per heavy atom. The van der Waals surface area contributed by atoms with Gasteiger partial charge in [-0.3, -0.25) is 4.90 Å². The van der Waals surface area contributed by atoms with E-state index in [0.717, 1.165) is 42.6 Å². The van der Waals surface area contributed by atoms with Crippen LogP contribution in [0.25, 0.3) is 5.65 Å². The topological polar surface area (TPSA) is 40.8 Å². The quantitative estimate of drug-likeness (QED) is 0.936. The Kier molecular flexibility index (Phi) is 3.84. The van der Waals surface area contributed by atoms with Crippen LogP contribution in [0, 0.1) is 5.41 Å². The van der Waals surface area contributed by atoms with Crippen LogP contribution in [-0.4, -0.2) is 39.1 Å². The molecule has 4 nitrogen and oxygen atoms in total. The first-order valence-electron chi connectivity index (χ1n) is 7.04. The number of hydrogen-bond donors (Lipinski definition) is 1. The van der Waals surface area contributed by atoms with E-state index in [0.29, 0.717) is 0 Å². The van der Waals surface area contributed by atoms with Crippen molar-refractivity contribution >= 4 is 21.6 Å². The molecule has 108 valence electrons. The molecule has 0 bridgehead atoms. The molecule has 3 rings (SSSR count). The highest BCUT2D eigenvalue weighted by molar-refractivity contribution is 9.10. The molecule has 1 unspecified atom stereocenters. The van der Waals surface area contributed by atoms with Crippen LogP contribution in [0.1, 0.15) is 25.5 Å². The molecule has 0 aromatic carbocycles. The summed E-state index contributed by atoms with van der Waals surface area (Å²) in [7, 11) is 0. The normalized spacial score (nSPS) is 24.4. The number of nitrogens with zero attached hydrogens (tertiary/aromatic N) is 3. The van der Waals surface area contributed by atoms with Crippen LogP contribution in [0.4, 0.5) is 0 Å². The molecule has 0 spiro atoms. The van der Waals surface area contributed by atoms with Gasteiger partial charge in [0.1, 0.15) is 5.65 Å². The van der Waals surface area contributed by atoms with Crippen molar-refractivity contribution in [1.29, 1.82) is 0 Å². The average molecular weight is 338 g/mol. The van der Waals surface area contributed by atoms with E-state index >= 15 is 0 Å². The zero-order valence-electron chi connectivity index (χ0n) is 11.7. The monoisotopic (exact) mass is 337 g/mol. The smallest absolute Gasteiger partial charge is 0.136 e. The molecule has 0 amide bonds. The van der Waals surface area contributed by atoms with Crippen LogP contribution in [0.2, 0.25) is 0 Å². The molecule has 0 saturated carbocycles. The van der Waals surface area contributed by atoms with Crippen molar-refractivity contribution in [3.63, 3.8) is 0 Å². The molecule has 5 heteroatoms. The van der Waals surface area contributed by atoms with Crippen molar-refractivity contribution < 1.29 is 5.11 Å². The number of pyridine rings is 1. The highest BCUT2D eigenvalue weighted by atomic mass is 79.9. The lowest BCUT2D eigenvalue weighted by Gasteiger charge is -2.39. The van der Waals surface area contributed by atoms with E-state index in [-0.39, 0.29) is 12.0 Å². The Morgan fingerprint density at radius 2 is 2.30 bits per heavy atom. The van der Waals surface area contributed by atoms with Gasteiger partial charge in [-0.05, 0) is 47.4 Å². The first-order chi connectivity index (χ1) is 9.59. The lowest BCUT2D eigenvalue weighted by molar-refractivity contribution is 0.0422. The molecule has 1 N–H and O–H groups in total. The Hall–Kier alpha value is -0.910. The summed E-state index contributed by atoms with van der Waals surface area (Å²) < 4.78 is 3.19. The van der Waals surface area contributed by atoms with Crippen LogP contribution in [0.15, 0.2) is 29.0 Å². The summed E-state index contributed by atoms with van der Waals surface area (Å²) in [5, 5.41) is 9.55. The van der Waals surface area contributed by atoms with Gasteiger partial charge in [-0.1, -0.05) is 6.92 Å². The molecular formula is C15H20BrN3O. The van der Waals surface area contributed by atoms with Crippen molar-refractivity contribution in [3.05, 3.63) is 34.7 Å². The maximum absolute atomic E-state index is 9.55. The minimum absolute atomic E-state index is 0.0410. The Morgan fingerprint density at radius 1 is 1.45 bits per heavy atom. The summed E-state index contributed by atoms with van der Waals surface area (Å²) >= 11 is 3.51. The van der Waals surface area contributed by atoms with Crippen molar-refractivity contribution in [2.24, 2.45) is 5.41 Å². The fourth-order valence-corrected chi connectivity index (χ4v) is 3.38. The summed E-state index contributed by atoms with van der Waals surface area (Å²) in [5.74, 6) is 0. The van der Waals surface area contributed by atoms with Crippen LogP contribution >= 0.6 is 15.9 Å². The minimum atomic E-state index is 0.0410. The predicted octanol–water partition coefficient (Wildman–Crippen LogP) is 2.69. The second kappa shape index (κ2) is 5.47. The number of rotatable bonds is 3. The molecule has 1 aliphatic rings. The van der Waals surface area contributed by atoms with Gasteiger partial charge in [0.15, 0.2) is 0 Å². The minimum Gasteiger partial charge on any atom is -0.396 e. The van der Waals surface area contributed by atoms with Crippen LogP contribution in [0.5, 0.6) is 0 Å². The molecule has 0 aliphatic carbocycles. The number of aliphatic hydroxyl groups excluding tert-OH is 1. The van der Waals surface area contributed by atoms with Crippen molar-refractivity contribution in [3.8, 4) is 0 Å². The van der Waals surface area contributed by atoms with E-state index in [1.807, 2.05) is 18.3 Å². The Bertz CT molecular complexity index is 612. The van der Waals surface area contributed by atoms with Gasteiger partial charge >= 0.3 is 0 Å². The van der Waals surface area contributed by atoms with Crippen LogP contribution in [-0.2, 0) is 6.54 Å². The van der Waals surface area contributed by atoms with Gasteiger partial charge in [-0.25, -0.2) is 4.98 Å². The second-order valence-electron chi connectivity index (χ2n) is 6.11. The SMILES string of the molecule is CC1(CO)CCCN(Cc2cnc3ccc(Br)cn23)C1. The second-order valence-corrected chi connectivity index (χ2v) is 7.02. The molecular weight excluding hydrogens is 318 g/mol. The first-order valence-corrected chi connectivity index (χ1v) is 7.84. The number of halogens is 1. The third-order valence-electron chi connectivity index (χ3n) is 4.17. The highest BCUT2D eigenvalue weighted by Crippen LogP contribution is 2.29. The van der Waals surface area contributed by atoms with Gasteiger partial charge in [0.05, 0.1) is 11.9 Å². The lowest BCUT2D eigenvalue weighted by Crippen LogP contribution is -2.43. The zero-order chi connectivity index (χ0) is 14.2. The summed E-state index contributed by atoms with van der Waals surface area (Å²) in [6.45, 7) is 5.36. The number of likely N-dealkylation sites (tertiary alicyclic amines) is 1. The van der Waals surface area contributed by atoms with Gasteiger partial charge in [0.2, 0.25) is 0 Å². The summed E-state index contributed by atoms with van der Waals surface area (Å²) in [6, 6.07) is 4.03.